The van der Waals surface area contributed by atoms with E-state index in [0.29, 0.717) is 12.3 Å². The average Bonchev–Trinajstić information content (AvgIpc) is 2.40. The van der Waals surface area contributed by atoms with E-state index in [4.69, 9.17) is 0 Å². The van der Waals surface area contributed by atoms with E-state index in [1.807, 2.05) is 31.2 Å². The molecule has 0 aliphatic rings. The van der Waals surface area contributed by atoms with Gasteiger partial charge in [0.05, 0.1) is 0 Å². The summed E-state index contributed by atoms with van der Waals surface area (Å²) in [7, 11) is 4.12. The van der Waals surface area contributed by atoms with Crippen LogP contribution in [0.4, 0.5) is 5.69 Å². The number of hydrogen-bond donors (Lipinski definition) is 2. The van der Waals surface area contributed by atoms with E-state index in [-0.39, 0.29) is 0 Å². The van der Waals surface area contributed by atoms with Crippen LogP contribution < -0.4 is 5.32 Å². The first-order chi connectivity index (χ1) is 9.56. The molecule has 20 heavy (non-hydrogen) atoms. The van der Waals surface area contributed by atoms with Crippen molar-refractivity contribution in [3.63, 3.8) is 0 Å². The Morgan fingerprint density at radius 2 is 1.85 bits per heavy atom. The molecule has 0 amide bonds. The van der Waals surface area contributed by atoms with E-state index in [2.05, 4.69) is 42.5 Å². The van der Waals surface area contributed by atoms with Crippen LogP contribution in [0.2, 0.25) is 0 Å². The van der Waals surface area contributed by atoms with Gasteiger partial charge in [0.1, 0.15) is 5.75 Å². The van der Waals surface area contributed by atoms with Crippen LogP contribution in [-0.4, -0.2) is 24.1 Å². The predicted molar refractivity (Wildman–Crippen MR) is 84.0 cm³/mol. The van der Waals surface area contributed by atoms with Crippen molar-refractivity contribution in [2.75, 3.05) is 19.4 Å². The highest BCUT2D eigenvalue weighted by atomic mass is 16.3. The highest BCUT2D eigenvalue weighted by Crippen LogP contribution is 2.22. The molecule has 2 aromatic rings. The SMILES string of the molecule is Cc1cccc(CNc2cccc(CN(C)C)c2)c1O. The van der Waals surface area contributed by atoms with E-state index in [9.17, 15) is 5.11 Å². The summed E-state index contributed by atoms with van der Waals surface area (Å²) in [6.45, 7) is 3.46. The molecule has 106 valence electrons. The molecule has 0 aliphatic heterocycles. The molecule has 0 unspecified atom stereocenters. The minimum Gasteiger partial charge on any atom is -0.507 e. The fraction of sp³-hybridized carbons (Fsp3) is 0.294. The van der Waals surface area contributed by atoms with Crippen molar-refractivity contribution in [3.05, 3.63) is 59.2 Å². The van der Waals surface area contributed by atoms with Crippen LogP contribution in [0.25, 0.3) is 0 Å². The number of phenols is 1. The fourth-order valence-corrected chi connectivity index (χ4v) is 2.20. The van der Waals surface area contributed by atoms with Gasteiger partial charge in [-0.15, -0.1) is 0 Å². The van der Waals surface area contributed by atoms with Gasteiger partial charge in [0.25, 0.3) is 0 Å². The Bertz CT molecular complexity index is 579. The lowest BCUT2D eigenvalue weighted by Crippen LogP contribution is -2.10. The zero-order chi connectivity index (χ0) is 14.5. The summed E-state index contributed by atoms with van der Waals surface area (Å²) in [6.07, 6.45) is 0. The Morgan fingerprint density at radius 3 is 2.60 bits per heavy atom. The maximum Gasteiger partial charge on any atom is 0.123 e. The van der Waals surface area contributed by atoms with Crippen molar-refractivity contribution in [1.82, 2.24) is 4.90 Å². The molecule has 0 spiro atoms. The third-order valence-electron chi connectivity index (χ3n) is 3.23. The fourth-order valence-electron chi connectivity index (χ4n) is 2.20. The summed E-state index contributed by atoms with van der Waals surface area (Å²) in [5.74, 6) is 0.379. The number of phenolic OH excluding ortho intramolecular Hbond substituents is 1. The number of rotatable bonds is 5. The number of benzene rings is 2. The Morgan fingerprint density at radius 1 is 1.10 bits per heavy atom. The summed E-state index contributed by atoms with van der Waals surface area (Å²) >= 11 is 0. The van der Waals surface area contributed by atoms with Gasteiger partial charge in [0.2, 0.25) is 0 Å². The molecule has 2 N–H and O–H groups in total. The van der Waals surface area contributed by atoms with E-state index in [0.717, 1.165) is 23.4 Å². The Kier molecular flexibility index (Phi) is 4.64. The van der Waals surface area contributed by atoms with Crippen molar-refractivity contribution in [1.29, 1.82) is 0 Å². The van der Waals surface area contributed by atoms with Gasteiger partial charge in [-0.05, 0) is 44.3 Å². The molecule has 3 nitrogen and oxygen atoms in total. The maximum absolute atomic E-state index is 10.0. The monoisotopic (exact) mass is 270 g/mol. The molecule has 0 saturated carbocycles. The third kappa shape index (κ3) is 3.75. The van der Waals surface area contributed by atoms with E-state index < -0.39 is 0 Å². The molecule has 0 aromatic heterocycles. The molecule has 2 rings (SSSR count). The summed E-state index contributed by atoms with van der Waals surface area (Å²) in [4.78, 5) is 2.14. The Labute approximate surface area is 120 Å². The van der Waals surface area contributed by atoms with Crippen LogP contribution in [0.1, 0.15) is 16.7 Å². The molecule has 0 radical (unpaired) electrons. The summed E-state index contributed by atoms with van der Waals surface area (Å²) in [5.41, 5.74) is 4.17. The summed E-state index contributed by atoms with van der Waals surface area (Å²) < 4.78 is 0. The van der Waals surface area contributed by atoms with Crippen LogP contribution in [0.5, 0.6) is 5.75 Å². The smallest absolute Gasteiger partial charge is 0.123 e. The van der Waals surface area contributed by atoms with E-state index in [1.54, 1.807) is 0 Å². The van der Waals surface area contributed by atoms with Crippen molar-refractivity contribution in [2.24, 2.45) is 0 Å². The number of para-hydroxylation sites is 1. The number of aromatic hydroxyl groups is 1. The van der Waals surface area contributed by atoms with E-state index >= 15 is 0 Å². The zero-order valence-corrected chi connectivity index (χ0v) is 12.4. The Hall–Kier alpha value is -2.00. The second kappa shape index (κ2) is 6.44. The molecule has 2 aromatic carbocycles. The largest absolute Gasteiger partial charge is 0.507 e. The highest BCUT2D eigenvalue weighted by molar-refractivity contribution is 5.48. The van der Waals surface area contributed by atoms with Crippen LogP contribution in [0, 0.1) is 6.92 Å². The minimum absolute atomic E-state index is 0.379. The number of anilines is 1. The highest BCUT2D eigenvalue weighted by Gasteiger charge is 2.03. The lowest BCUT2D eigenvalue weighted by Gasteiger charge is -2.13. The molecule has 0 bridgehead atoms. The topological polar surface area (TPSA) is 35.5 Å². The van der Waals surface area contributed by atoms with Gasteiger partial charge in [-0.1, -0.05) is 30.3 Å². The van der Waals surface area contributed by atoms with Gasteiger partial charge in [-0.25, -0.2) is 0 Å². The van der Waals surface area contributed by atoms with Crippen molar-refractivity contribution in [3.8, 4) is 5.75 Å². The molecule has 0 fully saturated rings. The molecule has 0 atom stereocenters. The van der Waals surface area contributed by atoms with Gasteiger partial charge in [0, 0.05) is 24.3 Å². The first-order valence-corrected chi connectivity index (χ1v) is 6.81. The quantitative estimate of drug-likeness (QED) is 0.874. The van der Waals surface area contributed by atoms with Gasteiger partial charge >= 0.3 is 0 Å². The van der Waals surface area contributed by atoms with Gasteiger partial charge in [-0.3, -0.25) is 0 Å². The average molecular weight is 270 g/mol. The molecule has 3 heteroatoms. The zero-order valence-electron chi connectivity index (χ0n) is 12.4. The first-order valence-electron chi connectivity index (χ1n) is 6.81. The number of hydrogen-bond acceptors (Lipinski definition) is 3. The van der Waals surface area contributed by atoms with Crippen molar-refractivity contribution >= 4 is 5.69 Å². The lowest BCUT2D eigenvalue weighted by atomic mass is 10.1. The minimum atomic E-state index is 0.379. The Balaban J connectivity index is 2.05. The first kappa shape index (κ1) is 14.4. The van der Waals surface area contributed by atoms with Crippen LogP contribution in [-0.2, 0) is 13.1 Å². The molecule has 0 heterocycles. The van der Waals surface area contributed by atoms with Crippen molar-refractivity contribution < 1.29 is 5.11 Å². The van der Waals surface area contributed by atoms with Gasteiger partial charge < -0.3 is 15.3 Å². The lowest BCUT2D eigenvalue weighted by molar-refractivity contribution is 0.402. The molecular weight excluding hydrogens is 248 g/mol. The van der Waals surface area contributed by atoms with E-state index in [1.165, 1.54) is 5.56 Å². The molecular formula is C17H22N2O. The predicted octanol–water partition coefficient (Wildman–Crippen LogP) is 3.37. The summed E-state index contributed by atoms with van der Waals surface area (Å²) in [5, 5.41) is 13.4. The second-order valence-corrected chi connectivity index (χ2v) is 5.37. The number of aryl methyl sites for hydroxylation is 1. The number of nitrogens with one attached hydrogen (secondary N) is 1. The van der Waals surface area contributed by atoms with Crippen LogP contribution in [0.15, 0.2) is 42.5 Å². The maximum atomic E-state index is 10.0. The van der Waals surface area contributed by atoms with Crippen LogP contribution in [0.3, 0.4) is 0 Å². The normalized spacial score (nSPS) is 10.8. The molecule has 0 aliphatic carbocycles. The molecule has 0 saturated heterocycles. The van der Waals surface area contributed by atoms with Crippen LogP contribution >= 0.6 is 0 Å². The van der Waals surface area contributed by atoms with Gasteiger partial charge in [0.15, 0.2) is 0 Å². The summed E-state index contributed by atoms with van der Waals surface area (Å²) in [6, 6.07) is 14.2. The van der Waals surface area contributed by atoms with Gasteiger partial charge in [-0.2, -0.15) is 0 Å². The number of nitrogens with zero attached hydrogens (tertiary/aromatic N) is 1. The second-order valence-electron chi connectivity index (χ2n) is 5.37. The third-order valence-corrected chi connectivity index (χ3v) is 3.23. The van der Waals surface area contributed by atoms with Crippen molar-refractivity contribution in [2.45, 2.75) is 20.0 Å². The standard InChI is InChI=1S/C17H22N2O/c1-13-6-4-8-15(17(13)20)11-18-16-9-5-7-14(10-16)12-19(2)3/h4-10,18,20H,11-12H2,1-3H3.